The minimum Gasteiger partial charge on any atom is -0.310 e. The van der Waals surface area contributed by atoms with Gasteiger partial charge in [-0.25, -0.2) is 0 Å². The molecule has 0 aromatic heterocycles. The molecule has 4 saturated carbocycles. The second kappa shape index (κ2) is 4.48. The maximum absolute atomic E-state index is 4.15. The highest BCUT2D eigenvalue weighted by molar-refractivity contribution is 5.06. The molecule has 6 atom stereocenters. The summed E-state index contributed by atoms with van der Waals surface area (Å²) in [5.74, 6) is 4.40. The predicted octanol–water partition coefficient (Wildman–Crippen LogP) is 4.37. The molecule has 2 bridgehead atoms. The summed E-state index contributed by atoms with van der Waals surface area (Å²) in [5.41, 5.74) is 0.537. The van der Waals surface area contributed by atoms with Gasteiger partial charge in [0.2, 0.25) is 0 Å². The number of nitrogens with one attached hydrogen (secondary N) is 1. The van der Waals surface area contributed by atoms with Crippen molar-refractivity contribution in [3.05, 3.63) is 0 Å². The van der Waals surface area contributed by atoms with Crippen molar-refractivity contribution in [3.63, 3.8) is 0 Å². The van der Waals surface area contributed by atoms with Crippen molar-refractivity contribution in [2.75, 3.05) is 0 Å². The number of fused-ring (bicyclic) bond motifs is 5. The van der Waals surface area contributed by atoms with Gasteiger partial charge in [-0.1, -0.05) is 33.1 Å². The molecule has 1 nitrogen and oxygen atoms in total. The Bertz CT molecular complexity index is 348. The lowest BCUT2D eigenvalue weighted by Crippen LogP contribution is -2.51. The Labute approximate surface area is 118 Å². The van der Waals surface area contributed by atoms with Crippen LogP contribution in [-0.4, -0.2) is 12.1 Å². The lowest BCUT2D eigenvalue weighted by molar-refractivity contribution is 0.122. The van der Waals surface area contributed by atoms with Crippen LogP contribution in [0.15, 0.2) is 0 Å². The van der Waals surface area contributed by atoms with Gasteiger partial charge in [-0.3, -0.25) is 0 Å². The van der Waals surface area contributed by atoms with Gasteiger partial charge in [-0.15, -0.1) is 0 Å². The fraction of sp³-hybridized carbons (Fsp3) is 1.00. The topological polar surface area (TPSA) is 12.0 Å². The van der Waals surface area contributed by atoms with Crippen LogP contribution in [0.2, 0.25) is 0 Å². The maximum Gasteiger partial charge on any atom is 0.0121 e. The lowest BCUT2D eigenvalue weighted by atomic mass is 9.72. The Balaban J connectivity index is 1.44. The summed E-state index contributed by atoms with van der Waals surface area (Å²) in [6, 6.07) is 1.68. The van der Waals surface area contributed by atoms with Gasteiger partial charge in [0, 0.05) is 12.1 Å². The van der Waals surface area contributed by atoms with E-state index in [0.29, 0.717) is 5.41 Å². The molecule has 4 fully saturated rings. The summed E-state index contributed by atoms with van der Waals surface area (Å²) in [4.78, 5) is 0. The fourth-order valence-corrected chi connectivity index (χ4v) is 6.32. The van der Waals surface area contributed by atoms with E-state index in [-0.39, 0.29) is 0 Å². The van der Waals surface area contributed by atoms with E-state index in [0.717, 1.165) is 35.8 Å². The normalized spacial score (nSPS) is 51.5. The third kappa shape index (κ3) is 1.99. The van der Waals surface area contributed by atoms with Crippen molar-refractivity contribution in [2.24, 2.45) is 29.1 Å². The molecule has 4 rings (SSSR count). The third-order valence-electron chi connectivity index (χ3n) is 7.35. The van der Waals surface area contributed by atoms with Crippen molar-refractivity contribution in [1.29, 1.82) is 0 Å². The van der Waals surface area contributed by atoms with Crippen molar-refractivity contribution >= 4 is 0 Å². The first-order valence-corrected chi connectivity index (χ1v) is 8.91. The molecule has 0 spiro atoms. The molecule has 1 N–H and O–H groups in total. The molecular weight excluding hydrogens is 230 g/mol. The van der Waals surface area contributed by atoms with Crippen LogP contribution in [0.5, 0.6) is 0 Å². The van der Waals surface area contributed by atoms with Crippen LogP contribution in [0.4, 0.5) is 0 Å². The van der Waals surface area contributed by atoms with Crippen molar-refractivity contribution in [2.45, 2.75) is 83.7 Å². The quantitative estimate of drug-likeness (QED) is 0.778. The number of hydrogen-bond donors (Lipinski definition) is 1. The Morgan fingerprint density at radius 2 is 1.68 bits per heavy atom. The first-order chi connectivity index (χ1) is 9.15. The first kappa shape index (κ1) is 12.7. The number of hydrogen-bond acceptors (Lipinski definition) is 1. The van der Waals surface area contributed by atoms with Crippen LogP contribution in [0, 0.1) is 29.1 Å². The zero-order valence-corrected chi connectivity index (χ0v) is 12.8. The van der Waals surface area contributed by atoms with E-state index in [9.17, 15) is 0 Å². The SMILES string of the molecule is CC1(C)CCCCC1NC1CC2CC1C1CCCC21. The highest BCUT2D eigenvalue weighted by Crippen LogP contribution is 2.59. The maximum atomic E-state index is 4.15. The number of rotatable bonds is 2. The van der Waals surface area contributed by atoms with Gasteiger partial charge in [0.15, 0.2) is 0 Å². The summed E-state index contributed by atoms with van der Waals surface area (Å²) >= 11 is 0. The summed E-state index contributed by atoms with van der Waals surface area (Å²) in [6.45, 7) is 4.99. The van der Waals surface area contributed by atoms with E-state index in [4.69, 9.17) is 0 Å². The smallest absolute Gasteiger partial charge is 0.0121 e. The second-order valence-corrected chi connectivity index (χ2v) is 8.71. The van der Waals surface area contributed by atoms with E-state index < -0.39 is 0 Å². The van der Waals surface area contributed by atoms with Crippen LogP contribution in [-0.2, 0) is 0 Å². The zero-order chi connectivity index (χ0) is 13.0. The molecule has 4 aliphatic carbocycles. The molecule has 4 aliphatic rings. The Morgan fingerprint density at radius 1 is 0.842 bits per heavy atom. The standard InChI is InChI=1S/C18H31N/c1-18(2)9-4-3-8-17(18)19-16-11-12-10-15(16)14-7-5-6-13(12)14/h12-17,19H,3-11H2,1-2H3. The van der Waals surface area contributed by atoms with Gasteiger partial charge in [-0.2, -0.15) is 0 Å². The summed E-state index contributed by atoms with van der Waals surface area (Å²) in [5, 5.41) is 4.15. The Kier molecular flexibility index (Phi) is 2.99. The van der Waals surface area contributed by atoms with E-state index in [2.05, 4.69) is 19.2 Å². The van der Waals surface area contributed by atoms with E-state index in [1.54, 1.807) is 19.3 Å². The summed E-state index contributed by atoms with van der Waals surface area (Å²) < 4.78 is 0. The third-order valence-corrected chi connectivity index (χ3v) is 7.35. The van der Waals surface area contributed by atoms with Crippen LogP contribution in [0.25, 0.3) is 0 Å². The zero-order valence-electron chi connectivity index (χ0n) is 12.8. The van der Waals surface area contributed by atoms with Crippen LogP contribution >= 0.6 is 0 Å². The summed E-state index contributed by atoms with van der Waals surface area (Å²) in [6.07, 6.45) is 13.5. The molecule has 19 heavy (non-hydrogen) atoms. The monoisotopic (exact) mass is 261 g/mol. The van der Waals surface area contributed by atoms with Gasteiger partial charge < -0.3 is 5.32 Å². The van der Waals surface area contributed by atoms with Gasteiger partial charge >= 0.3 is 0 Å². The Hall–Kier alpha value is -0.0400. The summed E-state index contributed by atoms with van der Waals surface area (Å²) in [7, 11) is 0. The van der Waals surface area contributed by atoms with Gasteiger partial charge in [0.25, 0.3) is 0 Å². The fourth-order valence-electron chi connectivity index (χ4n) is 6.32. The molecule has 0 aromatic rings. The minimum absolute atomic E-state index is 0.537. The van der Waals surface area contributed by atoms with Crippen molar-refractivity contribution in [3.8, 4) is 0 Å². The molecule has 0 saturated heterocycles. The minimum atomic E-state index is 0.537. The highest BCUT2D eigenvalue weighted by Gasteiger charge is 2.54. The first-order valence-electron chi connectivity index (χ1n) is 8.91. The van der Waals surface area contributed by atoms with E-state index >= 15 is 0 Å². The van der Waals surface area contributed by atoms with Gasteiger partial charge in [0.05, 0.1) is 0 Å². The van der Waals surface area contributed by atoms with Crippen molar-refractivity contribution < 1.29 is 0 Å². The molecule has 108 valence electrons. The van der Waals surface area contributed by atoms with Crippen LogP contribution < -0.4 is 5.32 Å². The predicted molar refractivity (Wildman–Crippen MR) is 80.0 cm³/mol. The van der Waals surface area contributed by atoms with Crippen molar-refractivity contribution in [1.82, 2.24) is 5.32 Å². The molecule has 6 unspecified atom stereocenters. The Morgan fingerprint density at radius 3 is 2.53 bits per heavy atom. The largest absolute Gasteiger partial charge is 0.310 e. The van der Waals surface area contributed by atoms with E-state index in [1.807, 2.05) is 0 Å². The lowest BCUT2D eigenvalue weighted by Gasteiger charge is -2.43. The molecule has 0 aromatic carbocycles. The molecule has 0 heterocycles. The highest BCUT2D eigenvalue weighted by atomic mass is 15.0. The second-order valence-electron chi connectivity index (χ2n) is 8.71. The average molecular weight is 261 g/mol. The average Bonchev–Trinajstić information content (AvgIpc) is 3.02. The van der Waals surface area contributed by atoms with Gasteiger partial charge in [-0.05, 0) is 67.6 Å². The van der Waals surface area contributed by atoms with Crippen LogP contribution in [0.3, 0.4) is 0 Å². The van der Waals surface area contributed by atoms with E-state index in [1.165, 1.54) is 38.5 Å². The molecule has 1 heteroatoms. The molecule has 0 aliphatic heterocycles. The van der Waals surface area contributed by atoms with Gasteiger partial charge in [0.1, 0.15) is 0 Å². The van der Waals surface area contributed by atoms with Crippen LogP contribution in [0.1, 0.15) is 71.6 Å². The molecule has 0 amide bonds. The molecular formula is C18H31N. The molecule has 0 radical (unpaired) electrons.